The summed E-state index contributed by atoms with van der Waals surface area (Å²) in [5.74, 6) is -0.0228. The molecule has 0 aromatic rings. The van der Waals surface area contributed by atoms with Gasteiger partial charge in [0.05, 0.1) is 25.4 Å². The number of ether oxygens (including phenoxy) is 1. The Hall–Kier alpha value is -1.66. The van der Waals surface area contributed by atoms with Crippen molar-refractivity contribution in [3.63, 3.8) is 0 Å². The summed E-state index contributed by atoms with van der Waals surface area (Å²) in [6, 6.07) is -0.540. The van der Waals surface area contributed by atoms with Crippen LogP contribution < -0.4 is 5.32 Å². The molecule has 2 atom stereocenters. The molecule has 0 aliphatic carbocycles. The number of allylic oxidation sites excluding steroid dienone is 4. The van der Waals surface area contributed by atoms with E-state index in [0.29, 0.717) is 25.9 Å². The smallest absolute Gasteiger partial charge is 0.305 e. The maximum atomic E-state index is 12.5. The fourth-order valence-electron chi connectivity index (χ4n) is 10.7. The molecule has 0 aromatic carbocycles. The third kappa shape index (κ3) is 61.4. The maximum absolute atomic E-state index is 12.5. The van der Waals surface area contributed by atoms with Gasteiger partial charge in [-0.1, -0.05) is 314 Å². The molecule has 0 aliphatic heterocycles. The molecule has 0 radical (unpaired) electrons. The molecule has 444 valence electrons. The van der Waals surface area contributed by atoms with Gasteiger partial charge in [-0.15, -0.1) is 0 Å². The van der Waals surface area contributed by atoms with Gasteiger partial charge < -0.3 is 20.3 Å². The van der Waals surface area contributed by atoms with Crippen molar-refractivity contribution in [3.05, 3.63) is 24.3 Å². The van der Waals surface area contributed by atoms with Crippen LogP contribution in [0.3, 0.4) is 0 Å². The summed E-state index contributed by atoms with van der Waals surface area (Å²) in [6.45, 7) is 4.97. The largest absolute Gasteiger partial charge is 0.466 e. The number of nitrogens with one attached hydrogen (secondary N) is 1. The fraction of sp³-hybridized carbons (Fsp3) is 0.913. The Morgan fingerprint density at radius 3 is 0.947 bits per heavy atom. The standard InChI is InChI=1S/C69H133NO5/c1-3-5-7-9-11-13-15-17-18-35-39-43-47-51-55-59-63-69(74)75-64-60-56-52-48-44-40-36-33-31-29-27-25-23-21-19-20-22-24-26-28-30-32-34-38-42-46-50-54-58-62-68(73)70-66(65-71)67(72)61-57-53-49-45-41-37-16-14-12-10-8-6-4-2/h18-19,21,35,66-67,71-72H,3-17,20,22-34,36-65H2,1-2H3,(H,70,73)/b21-19-,35-18-. The van der Waals surface area contributed by atoms with E-state index in [1.54, 1.807) is 0 Å². The molecule has 0 aliphatic rings. The molecule has 0 rings (SSSR count). The summed E-state index contributed by atoms with van der Waals surface area (Å²) in [5.41, 5.74) is 0. The van der Waals surface area contributed by atoms with E-state index in [-0.39, 0.29) is 18.5 Å². The fourth-order valence-corrected chi connectivity index (χ4v) is 10.7. The van der Waals surface area contributed by atoms with Crippen LogP contribution >= 0.6 is 0 Å². The lowest BCUT2D eigenvalue weighted by molar-refractivity contribution is -0.143. The SMILES string of the molecule is CCCCCCCCC/C=C\CCCCCCCC(=O)OCCCCCCCCCCCCCC/C=C\CCCCCCCCCCCCCCCC(=O)NC(CO)C(O)CCCCCCCCCCCCCCC. The molecule has 0 fully saturated rings. The number of aliphatic hydroxyl groups is 2. The highest BCUT2D eigenvalue weighted by Crippen LogP contribution is 2.18. The van der Waals surface area contributed by atoms with E-state index in [1.807, 2.05) is 0 Å². The second kappa shape index (κ2) is 64.9. The van der Waals surface area contributed by atoms with E-state index in [0.717, 1.165) is 44.9 Å². The lowest BCUT2D eigenvalue weighted by atomic mass is 10.0. The molecule has 6 nitrogen and oxygen atoms in total. The van der Waals surface area contributed by atoms with Crippen molar-refractivity contribution in [1.29, 1.82) is 0 Å². The van der Waals surface area contributed by atoms with Crippen LogP contribution in [0, 0.1) is 0 Å². The van der Waals surface area contributed by atoms with Crippen molar-refractivity contribution in [2.75, 3.05) is 13.2 Å². The van der Waals surface area contributed by atoms with Crippen molar-refractivity contribution in [1.82, 2.24) is 5.32 Å². The van der Waals surface area contributed by atoms with Crippen LogP contribution in [-0.2, 0) is 14.3 Å². The van der Waals surface area contributed by atoms with Crippen LogP contribution in [-0.4, -0.2) is 47.4 Å². The predicted octanol–water partition coefficient (Wildman–Crippen LogP) is 21.8. The van der Waals surface area contributed by atoms with E-state index >= 15 is 0 Å². The lowest BCUT2D eigenvalue weighted by Crippen LogP contribution is -2.45. The van der Waals surface area contributed by atoms with E-state index in [1.165, 1.54) is 302 Å². The van der Waals surface area contributed by atoms with Gasteiger partial charge in [-0.05, 0) is 77.0 Å². The van der Waals surface area contributed by atoms with Gasteiger partial charge in [0.1, 0.15) is 0 Å². The van der Waals surface area contributed by atoms with Gasteiger partial charge in [-0.25, -0.2) is 0 Å². The van der Waals surface area contributed by atoms with Crippen molar-refractivity contribution in [3.8, 4) is 0 Å². The normalized spacial score (nSPS) is 12.6. The third-order valence-corrected chi connectivity index (χ3v) is 16.0. The molecule has 0 saturated carbocycles. The maximum Gasteiger partial charge on any atom is 0.305 e. The van der Waals surface area contributed by atoms with Gasteiger partial charge in [0.2, 0.25) is 5.91 Å². The summed E-state index contributed by atoms with van der Waals surface area (Å²) >= 11 is 0. The minimum absolute atomic E-state index is 0.00963. The zero-order chi connectivity index (χ0) is 54.3. The third-order valence-electron chi connectivity index (χ3n) is 16.0. The van der Waals surface area contributed by atoms with E-state index < -0.39 is 12.1 Å². The molecular formula is C69H133NO5. The molecule has 2 unspecified atom stereocenters. The van der Waals surface area contributed by atoms with Crippen LogP contribution in [0.2, 0.25) is 0 Å². The Kier molecular flexibility index (Phi) is 63.4. The molecule has 3 N–H and O–H groups in total. The second-order valence-corrected chi connectivity index (χ2v) is 23.5. The van der Waals surface area contributed by atoms with Gasteiger partial charge in [-0.3, -0.25) is 9.59 Å². The number of rotatable bonds is 64. The van der Waals surface area contributed by atoms with E-state index in [2.05, 4.69) is 43.5 Å². The van der Waals surface area contributed by atoms with Crippen molar-refractivity contribution in [2.45, 2.75) is 392 Å². The number of aliphatic hydroxyl groups excluding tert-OH is 2. The van der Waals surface area contributed by atoms with E-state index in [9.17, 15) is 19.8 Å². The van der Waals surface area contributed by atoms with Crippen molar-refractivity contribution in [2.24, 2.45) is 0 Å². The number of esters is 1. The number of amides is 1. The summed E-state index contributed by atoms with van der Waals surface area (Å²) < 4.78 is 5.49. The van der Waals surface area contributed by atoms with Gasteiger partial charge in [-0.2, -0.15) is 0 Å². The second-order valence-electron chi connectivity index (χ2n) is 23.5. The number of hydrogen-bond donors (Lipinski definition) is 3. The number of hydrogen-bond acceptors (Lipinski definition) is 5. The zero-order valence-electron chi connectivity index (χ0n) is 50.8. The first-order valence-corrected chi connectivity index (χ1v) is 34.1. The van der Waals surface area contributed by atoms with Crippen molar-refractivity contribution >= 4 is 11.9 Å². The van der Waals surface area contributed by atoms with Gasteiger partial charge in [0, 0.05) is 12.8 Å². The molecule has 0 spiro atoms. The van der Waals surface area contributed by atoms with Gasteiger partial charge in [0.25, 0.3) is 0 Å². The molecule has 75 heavy (non-hydrogen) atoms. The molecule has 0 aromatic heterocycles. The van der Waals surface area contributed by atoms with Gasteiger partial charge >= 0.3 is 5.97 Å². The Bertz CT molecular complexity index is 1170. The first-order chi connectivity index (χ1) is 37.0. The monoisotopic (exact) mass is 1060 g/mol. The number of unbranched alkanes of at least 4 members (excludes halogenated alkanes) is 49. The Balaban J connectivity index is 3.35. The lowest BCUT2D eigenvalue weighted by Gasteiger charge is -2.22. The first-order valence-electron chi connectivity index (χ1n) is 34.1. The predicted molar refractivity (Wildman–Crippen MR) is 329 cm³/mol. The van der Waals surface area contributed by atoms with Crippen molar-refractivity contribution < 1.29 is 24.5 Å². The molecule has 6 heteroatoms. The highest BCUT2D eigenvalue weighted by Gasteiger charge is 2.20. The summed E-state index contributed by atoms with van der Waals surface area (Å²) in [6.07, 6.45) is 80.8. The topological polar surface area (TPSA) is 95.9 Å². The molecule has 1 amide bonds. The Morgan fingerprint density at radius 1 is 0.360 bits per heavy atom. The molecule has 0 heterocycles. The Morgan fingerprint density at radius 2 is 0.627 bits per heavy atom. The minimum atomic E-state index is -0.662. The zero-order valence-corrected chi connectivity index (χ0v) is 50.8. The highest BCUT2D eigenvalue weighted by molar-refractivity contribution is 5.76. The molecule has 0 bridgehead atoms. The average Bonchev–Trinajstić information content (AvgIpc) is 3.41. The average molecular weight is 1060 g/mol. The summed E-state index contributed by atoms with van der Waals surface area (Å²) in [4.78, 5) is 24.6. The van der Waals surface area contributed by atoms with Crippen LogP contribution in [0.5, 0.6) is 0 Å². The molecular weight excluding hydrogens is 923 g/mol. The quantitative estimate of drug-likeness (QED) is 0.0320. The Labute approximate surface area is 469 Å². The highest BCUT2D eigenvalue weighted by atomic mass is 16.5. The van der Waals surface area contributed by atoms with Crippen LogP contribution in [0.15, 0.2) is 24.3 Å². The number of carbonyl (C=O) groups is 2. The van der Waals surface area contributed by atoms with E-state index in [4.69, 9.17) is 4.74 Å². The summed E-state index contributed by atoms with van der Waals surface area (Å²) in [7, 11) is 0. The van der Waals surface area contributed by atoms with Crippen LogP contribution in [0.4, 0.5) is 0 Å². The first kappa shape index (κ1) is 73.3. The van der Waals surface area contributed by atoms with Crippen LogP contribution in [0.25, 0.3) is 0 Å². The van der Waals surface area contributed by atoms with Gasteiger partial charge in [0.15, 0.2) is 0 Å². The number of carbonyl (C=O) groups excluding carboxylic acids is 2. The van der Waals surface area contributed by atoms with Crippen LogP contribution in [0.1, 0.15) is 380 Å². The molecule has 0 saturated heterocycles. The minimum Gasteiger partial charge on any atom is -0.466 e. The summed E-state index contributed by atoms with van der Waals surface area (Å²) in [5, 5.41) is 23.3.